The van der Waals surface area contributed by atoms with E-state index in [1.165, 1.54) is 6.92 Å². The fraction of sp³-hybridized carbons (Fsp3) is 0.875. The summed E-state index contributed by atoms with van der Waals surface area (Å²) in [6.07, 6.45) is -13.3. The molecule has 0 unspecified atom stereocenters. The molecule has 0 atom stereocenters. The van der Waals surface area contributed by atoms with Crippen LogP contribution in [0.5, 0.6) is 0 Å². The topological polar surface area (TPSA) is 146 Å². The minimum Gasteiger partial charge on any atom is -1.00 e. The summed E-state index contributed by atoms with van der Waals surface area (Å²) in [6, 6.07) is 1.75. The Balaban J connectivity index is -0.0000000828. The van der Waals surface area contributed by atoms with E-state index < -0.39 is 64.4 Å². The van der Waals surface area contributed by atoms with Crippen LogP contribution in [0.25, 0.3) is 0 Å². The van der Waals surface area contributed by atoms with Gasteiger partial charge in [-0.2, -0.15) is 48.4 Å². The van der Waals surface area contributed by atoms with Crippen LogP contribution in [-0.4, -0.2) is 64.8 Å². The molecule has 0 bridgehead atoms. The molecule has 0 aliphatic heterocycles. The zero-order valence-electron chi connectivity index (χ0n) is 16.0. The first-order valence-corrected chi connectivity index (χ1v) is 11.3. The van der Waals surface area contributed by atoms with Gasteiger partial charge in [0, 0.05) is 17.6 Å². The van der Waals surface area contributed by atoms with Gasteiger partial charge in [0.05, 0.1) is 6.07 Å². The van der Waals surface area contributed by atoms with Crippen LogP contribution in [0.15, 0.2) is 0 Å². The maximum atomic E-state index is 11.6. The number of hydrogen-bond acceptors (Lipinski definition) is 7. The second-order valence-electron chi connectivity index (χ2n) is 4.16. The van der Waals surface area contributed by atoms with Crippen LogP contribution in [0, 0.1) is 11.3 Å². The molecule has 0 aromatic carbocycles. The van der Waals surface area contributed by atoms with Gasteiger partial charge in [0.2, 0.25) is 0 Å². The Morgan fingerprint density at radius 1 is 0.743 bits per heavy atom. The predicted molar refractivity (Wildman–Crippen MR) is 80.5 cm³/mol. The third-order valence-electron chi connectivity index (χ3n) is 1.76. The van der Waals surface area contributed by atoms with Gasteiger partial charge in [-0.15, -0.1) is 0 Å². The van der Waals surface area contributed by atoms with E-state index >= 15 is 0 Å². The third-order valence-corrected chi connectivity index (χ3v) is 4.90. The molecule has 0 saturated heterocycles. The van der Waals surface area contributed by atoms with Crippen molar-refractivity contribution in [2.45, 2.75) is 42.0 Å². The number of halogens is 15. The Kier molecular flexibility index (Phi) is 24.4. The molecule has 0 heterocycles. The van der Waals surface area contributed by atoms with Gasteiger partial charge in [-0.3, -0.25) is 4.55 Å². The number of nitrogens with zero attached hydrogens (tertiary/aromatic N) is 1. The Morgan fingerprint density at radius 2 is 0.943 bits per heavy atom. The SMILES string of the molecule is CC#N.O=S(=O)(Cl)C(F)(F)C(F)F.O=S(=O)(F)C(F)(F)C(F)F.O=S(=O)(O)C(F)(F)C(F)F.[F-].[K+]. The largest absolute Gasteiger partial charge is 1.00 e. The van der Waals surface area contributed by atoms with Crippen LogP contribution >= 0.6 is 10.7 Å². The maximum absolute atomic E-state index is 11.6. The molecule has 0 aliphatic carbocycles. The molecule has 1 N–H and O–H groups in total. The van der Waals surface area contributed by atoms with E-state index in [1.54, 1.807) is 6.07 Å². The van der Waals surface area contributed by atoms with E-state index in [0.717, 1.165) is 0 Å². The summed E-state index contributed by atoms with van der Waals surface area (Å²) >= 11 is 0. The average molecular weight is 666 g/mol. The van der Waals surface area contributed by atoms with Crippen LogP contribution in [0.1, 0.15) is 6.92 Å². The Hall–Kier alpha value is 0.246. The number of hydrogen-bond donors (Lipinski definition) is 1. The average Bonchev–Trinajstić information content (AvgIpc) is 2.53. The number of alkyl halides is 12. The molecule has 0 spiro atoms. The molecule has 210 valence electrons. The molecule has 0 radical (unpaired) electrons. The van der Waals surface area contributed by atoms with Crippen LogP contribution in [0.2, 0.25) is 0 Å². The predicted octanol–water partition coefficient (Wildman–Crippen LogP) is -2.17. The number of nitriles is 1. The Labute approximate surface area is 233 Å². The molecule has 8 nitrogen and oxygen atoms in total. The second-order valence-corrected chi connectivity index (χ2v) is 9.72. The van der Waals surface area contributed by atoms with Crippen molar-refractivity contribution in [3.05, 3.63) is 0 Å². The van der Waals surface area contributed by atoms with Crippen molar-refractivity contribution < 1.29 is 142 Å². The molecule has 0 aromatic rings. The molecule has 0 saturated carbocycles. The smallest absolute Gasteiger partial charge is 1.00 e. The first kappa shape index (κ1) is 48.3. The van der Waals surface area contributed by atoms with Gasteiger partial charge in [-0.1, -0.05) is 3.89 Å². The third kappa shape index (κ3) is 17.4. The van der Waals surface area contributed by atoms with E-state index in [-0.39, 0.29) is 56.1 Å². The Morgan fingerprint density at radius 3 is 0.943 bits per heavy atom. The zero-order valence-corrected chi connectivity index (χ0v) is 22.3. The quantitative estimate of drug-likeness (QED) is 0.146. The zero-order chi connectivity index (χ0) is 28.4. The fourth-order valence-electron chi connectivity index (χ4n) is 0.325. The van der Waals surface area contributed by atoms with Crippen LogP contribution < -0.4 is 56.1 Å². The molecule has 0 rings (SSSR count). The van der Waals surface area contributed by atoms with E-state index in [1.807, 2.05) is 0 Å². The normalized spacial score (nSPS) is 12.4. The molecule has 0 aliphatic rings. The summed E-state index contributed by atoms with van der Waals surface area (Å²) in [6.45, 7) is 1.43. The van der Waals surface area contributed by atoms with Crippen molar-refractivity contribution in [3.63, 3.8) is 0 Å². The minimum atomic E-state index is -6.48. The van der Waals surface area contributed by atoms with Gasteiger partial charge in [-0.05, 0) is 0 Å². The Bertz CT molecular complexity index is 839. The van der Waals surface area contributed by atoms with Crippen molar-refractivity contribution in [1.29, 1.82) is 5.26 Å². The fourth-order valence-corrected chi connectivity index (χ4v) is 1.18. The van der Waals surface area contributed by atoms with Crippen molar-refractivity contribution in [2.75, 3.05) is 0 Å². The molecular weight excluding hydrogens is 659 g/mol. The van der Waals surface area contributed by atoms with Crippen LogP contribution in [-0.2, 0) is 29.4 Å². The summed E-state index contributed by atoms with van der Waals surface area (Å²) < 4.78 is 210. The minimum absolute atomic E-state index is 0. The van der Waals surface area contributed by atoms with Gasteiger partial charge in [0.25, 0.3) is 0 Å². The van der Waals surface area contributed by atoms with Gasteiger partial charge in [-0.25, -0.2) is 34.8 Å². The van der Waals surface area contributed by atoms with Crippen LogP contribution in [0.4, 0.5) is 56.6 Å². The van der Waals surface area contributed by atoms with Crippen LogP contribution in [0.3, 0.4) is 0 Å². The summed E-state index contributed by atoms with van der Waals surface area (Å²) in [4.78, 5) is 0. The molecule has 0 aromatic heterocycles. The van der Waals surface area contributed by atoms with E-state index in [0.29, 0.717) is 0 Å². The summed E-state index contributed by atoms with van der Waals surface area (Å²) in [7, 11) is -14.0. The molecular formula is C8H7ClF14KNO7S3. The van der Waals surface area contributed by atoms with E-state index in [9.17, 15) is 81.8 Å². The first-order valence-electron chi connectivity index (χ1n) is 6.14. The van der Waals surface area contributed by atoms with E-state index in [2.05, 4.69) is 10.7 Å². The molecule has 27 heteroatoms. The van der Waals surface area contributed by atoms with Gasteiger partial charge in [0.15, 0.2) is 0 Å². The van der Waals surface area contributed by atoms with Crippen molar-refractivity contribution in [2.24, 2.45) is 0 Å². The number of rotatable bonds is 6. The van der Waals surface area contributed by atoms with E-state index in [4.69, 9.17) is 9.81 Å². The van der Waals surface area contributed by atoms with Gasteiger partial charge >= 0.3 is 116 Å². The summed E-state index contributed by atoms with van der Waals surface area (Å²) in [5, 5.41) is -8.80. The van der Waals surface area contributed by atoms with Crippen molar-refractivity contribution >= 4 is 40.1 Å². The van der Waals surface area contributed by atoms with Crippen molar-refractivity contribution in [1.82, 2.24) is 0 Å². The summed E-state index contributed by atoms with van der Waals surface area (Å²) in [5.41, 5.74) is 0. The van der Waals surface area contributed by atoms with Gasteiger partial charge in [0.1, 0.15) is 0 Å². The molecule has 0 fully saturated rings. The molecule has 35 heavy (non-hydrogen) atoms. The molecule has 0 amide bonds. The van der Waals surface area contributed by atoms with Gasteiger partial charge < -0.3 is 4.70 Å². The summed E-state index contributed by atoms with van der Waals surface area (Å²) in [5.74, 6) is 0. The monoisotopic (exact) mass is 665 g/mol. The maximum Gasteiger partial charge on any atom is 1.00 e. The standard InChI is InChI=1S/C2HClF4O2S.C2HF5O2S.C2H2F4O3S.C2H3N.FH.K/c3-10(8,9)2(6,7)1(4)5;2*3-1(4)2(5,6)10(7,8)9;1-2-3;;/h2*1H;1H,(H,7,8,9);1H3;1H;/q;;;;;+1/p-1. The second kappa shape index (κ2) is 17.7. The van der Waals surface area contributed by atoms with Crippen molar-refractivity contribution in [3.8, 4) is 6.07 Å². The first-order chi connectivity index (χ1) is 14.0.